The van der Waals surface area contributed by atoms with E-state index in [4.69, 9.17) is 0 Å². The Kier molecular flexibility index (Phi) is 5.28. The zero-order chi connectivity index (χ0) is 21.6. The Bertz CT molecular complexity index is 1110. The van der Waals surface area contributed by atoms with Crippen molar-refractivity contribution in [1.29, 1.82) is 0 Å². The minimum atomic E-state index is -3.99. The lowest BCUT2D eigenvalue weighted by Crippen LogP contribution is -2.40. The Labute approximate surface area is 166 Å². The molecule has 29 heavy (non-hydrogen) atoms. The molecule has 0 bridgehead atoms. The molecule has 1 aromatic carbocycles. The molecule has 0 aliphatic heterocycles. The molecular formula is C18H21F2N3O5S. The van der Waals surface area contributed by atoms with Crippen LogP contribution in [0.4, 0.5) is 14.5 Å². The number of anilines is 1. The van der Waals surface area contributed by atoms with Gasteiger partial charge in [-0.05, 0) is 31.0 Å². The molecule has 0 radical (unpaired) electrons. The number of esters is 1. The van der Waals surface area contributed by atoms with Gasteiger partial charge >= 0.3 is 5.97 Å². The van der Waals surface area contributed by atoms with Crippen LogP contribution in [-0.2, 0) is 21.8 Å². The highest BCUT2D eigenvalue weighted by atomic mass is 32.2. The van der Waals surface area contributed by atoms with Crippen LogP contribution in [0, 0.1) is 12.8 Å². The lowest BCUT2D eigenvalue weighted by molar-refractivity contribution is -0.103. The molecule has 0 saturated heterocycles. The zero-order valence-corrected chi connectivity index (χ0v) is 16.9. The van der Waals surface area contributed by atoms with Crippen LogP contribution in [0.1, 0.15) is 28.9 Å². The number of sulfonamides is 1. The van der Waals surface area contributed by atoms with E-state index in [0.29, 0.717) is 11.4 Å². The number of nitrogens with zero attached hydrogens (tertiary/aromatic N) is 2. The summed E-state index contributed by atoms with van der Waals surface area (Å²) in [7, 11) is -1.19. The van der Waals surface area contributed by atoms with Gasteiger partial charge in [-0.3, -0.25) is 14.2 Å². The standard InChI is InChI=1S/C18H21F2N3O5S/c1-11-15(21-29(26,27)10-12-8-18(19,20)9-12)16(24)23(22(11)2)14-6-4-5-13(7-14)17(25)28-3/h4-7,12,21H,8-10H2,1-3H3. The highest BCUT2D eigenvalue weighted by Gasteiger charge is 2.46. The molecule has 8 nitrogen and oxygen atoms in total. The van der Waals surface area contributed by atoms with Gasteiger partial charge in [0.1, 0.15) is 5.69 Å². The van der Waals surface area contributed by atoms with Crippen molar-refractivity contribution in [3.8, 4) is 5.69 Å². The number of methoxy groups -OCH3 is 1. The third-order valence-corrected chi connectivity index (χ3v) is 6.38. The van der Waals surface area contributed by atoms with E-state index in [1.165, 1.54) is 28.6 Å². The molecule has 1 aromatic heterocycles. The van der Waals surface area contributed by atoms with E-state index in [1.807, 2.05) is 0 Å². The number of ether oxygens (including phenoxy) is 1. The molecule has 158 valence electrons. The normalized spacial score (nSPS) is 16.3. The predicted octanol–water partition coefficient (Wildman–Crippen LogP) is 2.06. The van der Waals surface area contributed by atoms with E-state index in [-0.39, 0.29) is 11.3 Å². The zero-order valence-electron chi connectivity index (χ0n) is 16.1. The second-order valence-electron chi connectivity index (χ2n) is 7.16. The lowest BCUT2D eigenvalue weighted by Gasteiger charge is -2.34. The fraction of sp³-hybridized carbons (Fsp3) is 0.444. The van der Waals surface area contributed by atoms with E-state index in [9.17, 15) is 26.8 Å². The van der Waals surface area contributed by atoms with E-state index >= 15 is 0 Å². The van der Waals surface area contributed by atoms with E-state index < -0.39 is 52.0 Å². The average Bonchev–Trinajstić information content (AvgIpc) is 2.82. The van der Waals surface area contributed by atoms with Gasteiger partial charge in [-0.15, -0.1) is 0 Å². The number of hydrogen-bond donors (Lipinski definition) is 1. The molecule has 1 fully saturated rings. The monoisotopic (exact) mass is 429 g/mol. The van der Waals surface area contributed by atoms with Crippen molar-refractivity contribution >= 4 is 21.7 Å². The topological polar surface area (TPSA) is 99.4 Å². The maximum Gasteiger partial charge on any atom is 0.337 e. The van der Waals surface area contributed by atoms with Crippen molar-refractivity contribution in [3.63, 3.8) is 0 Å². The molecule has 0 atom stereocenters. The summed E-state index contributed by atoms with van der Waals surface area (Å²) in [4.78, 5) is 24.6. The Hall–Kier alpha value is -2.69. The number of aromatic nitrogens is 2. The van der Waals surface area contributed by atoms with Crippen molar-refractivity contribution in [2.75, 3.05) is 17.6 Å². The Morgan fingerprint density at radius 2 is 2.00 bits per heavy atom. The number of benzene rings is 1. The van der Waals surface area contributed by atoms with Gasteiger partial charge in [-0.1, -0.05) is 6.07 Å². The fourth-order valence-electron chi connectivity index (χ4n) is 3.41. The van der Waals surface area contributed by atoms with Crippen molar-refractivity contribution in [1.82, 2.24) is 9.36 Å². The van der Waals surface area contributed by atoms with Gasteiger partial charge in [0.2, 0.25) is 15.9 Å². The first-order chi connectivity index (χ1) is 13.4. The van der Waals surface area contributed by atoms with Crippen LogP contribution in [-0.4, -0.2) is 42.5 Å². The third kappa shape index (κ3) is 4.19. The largest absolute Gasteiger partial charge is 0.465 e. The van der Waals surface area contributed by atoms with Gasteiger partial charge in [0.15, 0.2) is 0 Å². The second kappa shape index (κ2) is 7.29. The molecule has 1 heterocycles. The van der Waals surface area contributed by atoms with Crippen LogP contribution in [0.15, 0.2) is 29.1 Å². The van der Waals surface area contributed by atoms with Gasteiger partial charge in [-0.2, -0.15) is 0 Å². The molecule has 1 saturated carbocycles. The number of carbonyl (C=O) groups is 1. The predicted molar refractivity (Wildman–Crippen MR) is 102 cm³/mol. The van der Waals surface area contributed by atoms with Crippen LogP contribution in [0.5, 0.6) is 0 Å². The lowest BCUT2D eigenvalue weighted by atomic mass is 9.83. The number of rotatable bonds is 6. The molecule has 1 aliphatic rings. The summed E-state index contributed by atoms with van der Waals surface area (Å²) in [5.74, 6) is -4.52. The van der Waals surface area contributed by atoms with Gasteiger partial charge in [0, 0.05) is 19.9 Å². The first-order valence-electron chi connectivity index (χ1n) is 8.80. The quantitative estimate of drug-likeness (QED) is 0.709. The maximum atomic E-state index is 13.0. The Morgan fingerprint density at radius 3 is 2.59 bits per heavy atom. The van der Waals surface area contributed by atoms with Crippen LogP contribution in [0.3, 0.4) is 0 Å². The summed E-state index contributed by atoms with van der Waals surface area (Å²) in [6.45, 7) is 1.55. The minimum absolute atomic E-state index is 0.165. The molecule has 0 spiro atoms. The van der Waals surface area contributed by atoms with Gasteiger partial charge in [0.05, 0.1) is 29.8 Å². The summed E-state index contributed by atoms with van der Waals surface area (Å²) in [6, 6.07) is 6.12. The molecular weight excluding hydrogens is 408 g/mol. The third-order valence-electron chi connectivity index (χ3n) is 4.95. The smallest absolute Gasteiger partial charge is 0.337 e. The van der Waals surface area contributed by atoms with Gasteiger partial charge in [0.25, 0.3) is 5.56 Å². The van der Waals surface area contributed by atoms with Gasteiger partial charge < -0.3 is 4.74 Å². The first kappa shape index (κ1) is 21.0. The number of carbonyl (C=O) groups excluding carboxylic acids is 1. The van der Waals surface area contributed by atoms with Crippen LogP contribution in [0.25, 0.3) is 5.69 Å². The van der Waals surface area contributed by atoms with Crippen LogP contribution in [0.2, 0.25) is 0 Å². The second-order valence-corrected chi connectivity index (χ2v) is 8.92. The highest BCUT2D eigenvalue weighted by molar-refractivity contribution is 7.92. The molecule has 3 rings (SSSR count). The van der Waals surface area contributed by atoms with Crippen molar-refractivity contribution in [3.05, 3.63) is 45.9 Å². The van der Waals surface area contributed by atoms with Crippen molar-refractivity contribution < 1.29 is 26.7 Å². The molecule has 0 amide bonds. The number of hydrogen-bond acceptors (Lipinski definition) is 5. The van der Waals surface area contributed by atoms with E-state index in [2.05, 4.69) is 9.46 Å². The van der Waals surface area contributed by atoms with Crippen LogP contribution >= 0.6 is 0 Å². The molecule has 11 heteroatoms. The molecule has 1 aliphatic carbocycles. The Morgan fingerprint density at radius 1 is 1.34 bits per heavy atom. The summed E-state index contributed by atoms with van der Waals surface area (Å²) < 4.78 is 60.3. The highest BCUT2D eigenvalue weighted by Crippen LogP contribution is 2.42. The van der Waals surface area contributed by atoms with E-state index in [1.54, 1.807) is 26.1 Å². The first-order valence-corrected chi connectivity index (χ1v) is 10.4. The minimum Gasteiger partial charge on any atom is -0.465 e. The molecule has 1 N–H and O–H groups in total. The SMILES string of the molecule is COC(=O)c1cccc(-n2c(=O)c(NS(=O)(=O)CC3CC(F)(F)C3)c(C)n2C)c1. The van der Waals surface area contributed by atoms with Crippen molar-refractivity contribution in [2.24, 2.45) is 13.0 Å². The van der Waals surface area contributed by atoms with Crippen molar-refractivity contribution in [2.45, 2.75) is 25.7 Å². The van der Waals surface area contributed by atoms with E-state index in [0.717, 1.165) is 0 Å². The summed E-state index contributed by atoms with van der Waals surface area (Å²) in [5, 5.41) is 0. The summed E-state index contributed by atoms with van der Waals surface area (Å²) >= 11 is 0. The number of halogens is 2. The summed E-state index contributed by atoms with van der Waals surface area (Å²) in [6.07, 6.45) is -0.960. The molecule has 0 unspecified atom stereocenters. The number of alkyl halides is 2. The fourth-order valence-corrected chi connectivity index (χ4v) is 4.90. The van der Waals surface area contributed by atoms with Gasteiger partial charge in [-0.25, -0.2) is 26.7 Å². The average molecular weight is 429 g/mol. The van der Waals surface area contributed by atoms with Crippen LogP contribution < -0.4 is 10.3 Å². The number of nitrogens with one attached hydrogen (secondary N) is 1. The Balaban J connectivity index is 1.92. The maximum absolute atomic E-state index is 13.0. The summed E-state index contributed by atoms with van der Waals surface area (Å²) in [5.41, 5.74) is 0.0916. The molecule has 2 aromatic rings.